The van der Waals surface area contributed by atoms with Gasteiger partial charge in [-0.15, -0.1) is 0 Å². The first-order valence-electron chi connectivity index (χ1n) is 6.02. The maximum absolute atomic E-state index is 6.29. The minimum Gasteiger partial charge on any atom is -0.382 e. The van der Waals surface area contributed by atoms with Gasteiger partial charge in [0.2, 0.25) is 0 Å². The van der Waals surface area contributed by atoms with Crippen molar-refractivity contribution in [2.24, 2.45) is 0 Å². The van der Waals surface area contributed by atoms with Gasteiger partial charge in [0.1, 0.15) is 11.6 Å². The van der Waals surface area contributed by atoms with Crippen LogP contribution in [0.4, 0.5) is 5.82 Å². The molecule has 21 heavy (non-hydrogen) atoms. The van der Waals surface area contributed by atoms with Gasteiger partial charge in [0.05, 0.1) is 15.7 Å². The standard InChI is InChI=1S/C13H10Cl3N5/c1-5-18-12(17)10-13(19-5)21(6(2)20-10)11-8(15)3-7(14)4-9(11)16/h3-4H,1-2H3,(H2,17,18,19). The summed E-state index contributed by atoms with van der Waals surface area (Å²) in [6, 6.07) is 3.24. The van der Waals surface area contributed by atoms with Crippen LogP contribution in [0.25, 0.3) is 16.9 Å². The number of hydrogen-bond acceptors (Lipinski definition) is 4. The van der Waals surface area contributed by atoms with Crippen molar-refractivity contribution in [3.05, 3.63) is 38.8 Å². The van der Waals surface area contributed by atoms with Gasteiger partial charge in [-0.2, -0.15) is 0 Å². The molecule has 0 saturated carbocycles. The fraction of sp³-hybridized carbons (Fsp3) is 0.154. The number of nitrogens with two attached hydrogens (primary N) is 1. The Balaban J connectivity index is 2.44. The van der Waals surface area contributed by atoms with Gasteiger partial charge >= 0.3 is 0 Å². The van der Waals surface area contributed by atoms with E-state index in [1.54, 1.807) is 23.6 Å². The Morgan fingerprint density at radius 1 is 1.00 bits per heavy atom. The molecule has 5 nitrogen and oxygen atoms in total. The quantitative estimate of drug-likeness (QED) is 0.726. The average molecular weight is 343 g/mol. The molecular weight excluding hydrogens is 333 g/mol. The minimum absolute atomic E-state index is 0.320. The fourth-order valence-corrected chi connectivity index (χ4v) is 3.20. The normalized spacial score (nSPS) is 11.3. The van der Waals surface area contributed by atoms with E-state index in [9.17, 15) is 0 Å². The number of fused-ring (bicyclic) bond motifs is 1. The summed E-state index contributed by atoms with van der Waals surface area (Å²) in [5.41, 5.74) is 7.55. The molecule has 3 rings (SSSR count). The van der Waals surface area contributed by atoms with Gasteiger partial charge in [-0.05, 0) is 26.0 Å². The van der Waals surface area contributed by atoms with E-state index >= 15 is 0 Å². The second-order valence-corrected chi connectivity index (χ2v) is 5.79. The highest BCUT2D eigenvalue weighted by Gasteiger charge is 2.19. The highest BCUT2D eigenvalue weighted by molar-refractivity contribution is 6.40. The van der Waals surface area contributed by atoms with E-state index in [4.69, 9.17) is 40.5 Å². The second-order valence-electron chi connectivity index (χ2n) is 4.54. The van der Waals surface area contributed by atoms with Crippen molar-refractivity contribution in [3.63, 3.8) is 0 Å². The van der Waals surface area contributed by atoms with Crippen LogP contribution in [0.1, 0.15) is 11.6 Å². The predicted molar refractivity (Wildman–Crippen MR) is 85.6 cm³/mol. The van der Waals surface area contributed by atoms with E-state index in [-0.39, 0.29) is 0 Å². The third kappa shape index (κ3) is 2.31. The van der Waals surface area contributed by atoms with E-state index < -0.39 is 0 Å². The van der Waals surface area contributed by atoms with E-state index in [0.29, 0.717) is 49.4 Å². The van der Waals surface area contributed by atoms with E-state index in [0.717, 1.165) is 0 Å². The summed E-state index contributed by atoms with van der Waals surface area (Å²) in [7, 11) is 0. The molecule has 0 aliphatic heterocycles. The highest BCUT2D eigenvalue weighted by Crippen LogP contribution is 2.35. The average Bonchev–Trinajstić information content (AvgIpc) is 2.66. The molecule has 3 aromatic rings. The SMILES string of the molecule is Cc1nc(N)c2nc(C)n(-c3c(Cl)cc(Cl)cc3Cl)c2n1. The maximum atomic E-state index is 6.29. The smallest absolute Gasteiger partial charge is 0.170 e. The summed E-state index contributed by atoms with van der Waals surface area (Å²) >= 11 is 18.5. The molecular formula is C13H10Cl3N5. The minimum atomic E-state index is 0.320. The predicted octanol–water partition coefficient (Wildman–Crippen LogP) is 3.97. The third-order valence-corrected chi connectivity index (χ3v) is 3.81. The first-order valence-corrected chi connectivity index (χ1v) is 7.16. The van der Waals surface area contributed by atoms with Crippen LogP contribution >= 0.6 is 34.8 Å². The number of imidazole rings is 1. The Bertz CT molecular complexity index is 849. The van der Waals surface area contributed by atoms with Crippen molar-refractivity contribution >= 4 is 51.8 Å². The number of benzene rings is 1. The Morgan fingerprint density at radius 3 is 2.24 bits per heavy atom. The number of aromatic nitrogens is 4. The van der Waals surface area contributed by atoms with Crippen LogP contribution < -0.4 is 5.73 Å². The first kappa shape index (κ1) is 14.4. The molecule has 2 aromatic heterocycles. The molecule has 0 bridgehead atoms. The molecule has 108 valence electrons. The van der Waals surface area contributed by atoms with Crippen molar-refractivity contribution < 1.29 is 0 Å². The zero-order chi connectivity index (χ0) is 15.3. The van der Waals surface area contributed by atoms with Crippen LogP contribution in [-0.4, -0.2) is 19.5 Å². The molecule has 0 aliphatic rings. The number of halogens is 3. The van der Waals surface area contributed by atoms with Crippen LogP contribution in [0.15, 0.2) is 12.1 Å². The molecule has 0 spiro atoms. The summed E-state index contributed by atoms with van der Waals surface area (Å²) in [4.78, 5) is 12.9. The van der Waals surface area contributed by atoms with Crippen LogP contribution in [-0.2, 0) is 0 Å². The number of nitrogen functional groups attached to an aromatic ring is 1. The zero-order valence-corrected chi connectivity index (χ0v) is 13.4. The van der Waals surface area contributed by atoms with Crippen molar-refractivity contribution in [2.45, 2.75) is 13.8 Å². The number of anilines is 1. The summed E-state index contributed by atoms with van der Waals surface area (Å²) < 4.78 is 1.75. The van der Waals surface area contributed by atoms with Gasteiger partial charge in [0, 0.05) is 5.02 Å². The second kappa shape index (κ2) is 5.02. The molecule has 2 heterocycles. The molecule has 0 radical (unpaired) electrons. The molecule has 0 atom stereocenters. The zero-order valence-electron chi connectivity index (χ0n) is 11.2. The summed E-state index contributed by atoms with van der Waals surface area (Å²) in [5, 5.41) is 1.27. The van der Waals surface area contributed by atoms with Gasteiger partial charge in [-0.1, -0.05) is 34.8 Å². The van der Waals surface area contributed by atoms with Crippen LogP contribution in [0.5, 0.6) is 0 Å². The monoisotopic (exact) mass is 341 g/mol. The summed E-state index contributed by atoms with van der Waals surface area (Å²) in [6.45, 7) is 3.57. The number of rotatable bonds is 1. The lowest BCUT2D eigenvalue weighted by Gasteiger charge is -2.11. The lowest BCUT2D eigenvalue weighted by Crippen LogP contribution is -2.03. The van der Waals surface area contributed by atoms with Gasteiger partial charge in [0.25, 0.3) is 0 Å². The largest absolute Gasteiger partial charge is 0.382 e. The van der Waals surface area contributed by atoms with Crippen molar-refractivity contribution in [3.8, 4) is 5.69 Å². The summed E-state index contributed by atoms with van der Waals surface area (Å²) in [5.74, 6) is 1.52. The summed E-state index contributed by atoms with van der Waals surface area (Å²) in [6.07, 6.45) is 0. The molecule has 1 aromatic carbocycles. The number of nitrogens with zero attached hydrogens (tertiary/aromatic N) is 4. The van der Waals surface area contributed by atoms with Crippen molar-refractivity contribution in [1.82, 2.24) is 19.5 Å². The molecule has 0 amide bonds. The molecule has 8 heteroatoms. The van der Waals surface area contributed by atoms with Crippen molar-refractivity contribution in [2.75, 3.05) is 5.73 Å². The number of hydrogen-bond donors (Lipinski definition) is 1. The molecule has 0 fully saturated rings. The van der Waals surface area contributed by atoms with Gasteiger partial charge in [-0.25, -0.2) is 15.0 Å². The fourth-order valence-electron chi connectivity index (χ4n) is 2.22. The Morgan fingerprint density at radius 2 is 1.62 bits per heavy atom. The Labute approximate surface area is 135 Å². The molecule has 2 N–H and O–H groups in total. The maximum Gasteiger partial charge on any atom is 0.170 e. The van der Waals surface area contributed by atoms with E-state index in [2.05, 4.69) is 15.0 Å². The first-order chi connectivity index (χ1) is 9.88. The van der Waals surface area contributed by atoms with Gasteiger partial charge in [-0.3, -0.25) is 4.57 Å². The molecule has 0 unspecified atom stereocenters. The lowest BCUT2D eigenvalue weighted by atomic mass is 10.3. The van der Waals surface area contributed by atoms with Gasteiger partial charge < -0.3 is 5.73 Å². The van der Waals surface area contributed by atoms with Crippen LogP contribution in [0.2, 0.25) is 15.1 Å². The topological polar surface area (TPSA) is 69.6 Å². The van der Waals surface area contributed by atoms with E-state index in [1.165, 1.54) is 0 Å². The highest BCUT2D eigenvalue weighted by atomic mass is 35.5. The molecule has 0 saturated heterocycles. The van der Waals surface area contributed by atoms with Crippen LogP contribution in [0, 0.1) is 13.8 Å². The van der Waals surface area contributed by atoms with Crippen molar-refractivity contribution in [1.29, 1.82) is 0 Å². The Kier molecular flexibility index (Phi) is 3.43. The Hall–Kier alpha value is -1.56. The lowest BCUT2D eigenvalue weighted by molar-refractivity contribution is 0.976. The van der Waals surface area contributed by atoms with Gasteiger partial charge in [0.15, 0.2) is 17.0 Å². The molecule has 0 aliphatic carbocycles. The number of aryl methyl sites for hydroxylation is 2. The van der Waals surface area contributed by atoms with Crippen LogP contribution in [0.3, 0.4) is 0 Å². The third-order valence-electron chi connectivity index (χ3n) is 3.02. The van der Waals surface area contributed by atoms with E-state index in [1.807, 2.05) is 6.92 Å².